The van der Waals surface area contributed by atoms with E-state index < -0.39 is 8.32 Å². The van der Waals surface area contributed by atoms with Crippen molar-refractivity contribution in [3.8, 4) is 5.75 Å². The number of ether oxygens (including phenoxy) is 3. The Morgan fingerprint density at radius 3 is 1.98 bits per heavy atom. The standard InChI is InChI=1S/C34H54O5Si/c1-10-29(37-25-27-16-12-11-13-17-27)24-32(38-26-28-19-21-30(36-7)22-20-28)34(5,6)31(18-14-15-23-35)39-40(8,9)33(2,3)4/h11-17,19-22,29,31-32,35H,10,18,23-26H2,1-9H3/b15-14+/t29-,31+,32+/m0/s1. The van der Waals surface area contributed by atoms with E-state index >= 15 is 0 Å². The molecule has 0 saturated carbocycles. The van der Waals surface area contributed by atoms with E-state index in [1.54, 1.807) is 7.11 Å². The Kier molecular flexibility index (Phi) is 13.6. The summed E-state index contributed by atoms with van der Waals surface area (Å²) in [5.74, 6) is 0.833. The molecular weight excluding hydrogens is 516 g/mol. The van der Waals surface area contributed by atoms with E-state index in [1.807, 2.05) is 42.5 Å². The Morgan fingerprint density at radius 2 is 1.43 bits per heavy atom. The van der Waals surface area contributed by atoms with Gasteiger partial charge in [0.2, 0.25) is 0 Å². The molecule has 40 heavy (non-hydrogen) atoms. The molecule has 2 aromatic carbocycles. The van der Waals surface area contributed by atoms with Gasteiger partial charge < -0.3 is 23.7 Å². The summed E-state index contributed by atoms with van der Waals surface area (Å²) >= 11 is 0. The summed E-state index contributed by atoms with van der Waals surface area (Å²) in [5.41, 5.74) is 1.94. The van der Waals surface area contributed by atoms with Crippen LogP contribution < -0.4 is 4.74 Å². The zero-order chi connectivity index (χ0) is 29.8. The van der Waals surface area contributed by atoms with Gasteiger partial charge in [-0.2, -0.15) is 0 Å². The third-order valence-electron chi connectivity index (χ3n) is 8.40. The molecule has 3 atom stereocenters. The molecule has 0 unspecified atom stereocenters. The van der Waals surface area contributed by atoms with Gasteiger partial charge in [-0.25, -0.2) is 0 Å². The van der Waals surface area contributed by atoms with Crippen molar-refractivity contribution in [3.63, 3.8) is 0 Å². The number of benzene rings is 2. The average molecular weight is 571 g/mol. The van der Waals surface area contributed by atoms with Crippen molar-refractivity contribution >= 4 is 8.32 Å². The molecule has 2 rings (SSSR count). The van der Waals surface area contributed by atoms with Gasteiger partial charge in [0.15, 0.2) is 8.32 Å². The van der Waals surface area contributed by atoms with Crippen LogP contribution in [0.1, 0.15) is 71.9 Å². The summed E-state index contributed by atoms with van der Waals surface area (Å²) in [4.78, 5) is 0. The van der Waals surface area contributed by atoms with E-state index in [1.165, 1.54) is 5.56 Å². The van der Waals surface area contributed by atoms with Crippen molar-refractivity contribution in [1.29, 1.82) is 0 Å². The normalized spacial score (nSPS) is 15.2. The van der Waals surface area contributed by atoms with Gasteiger partial charge in [0.1, 0.15) is 5.75 Å². The molecule has 0 spiro atoms. The van der Waals surface area contributed by atoms with Crippen LogP contribution in [-0.4, -0.2) is 45.5 Å². The van der Waals surface area contributed by atoms with Crippen molar-refractivity contribution in [2.24, 2.45) is 5.41 Å². The summed E-state index contributed by atoms with van der Waals surface area (Å²) in [6.07, 6.45) is 6.06. The Labute approximate surface area is 245 Å². The number of aliphatic hydroxyl groups is 1. The molecule has 1 N–H and O–H groups in total. The van der Waals surface area contributed by atoms with Crippen molar-refractivity contribution in [1.82, 2.24) is 0 Å². The summed E-state index contributed by atoms with van der Waals surface area (Å²) in [6, 6.07) is 18.4. The zero-order valence-electron chi connectivity index (χ0n) is 26.4. The van der Waals surface area contributed by atoms with E-state index in [9.17, 15) is 5.11 Å². The maximum absolute atomic E-state index is 9.44. The minimum absolute atomic E-state index is 0.0237. The van der Waals surface area contributed by atoms with Crippen LogP contribution in [0.25, 0.3) is 0 Å². The smallest absolute Gasteiger partial charge is 0.192 e. The fraction of sp³-hybridized carbons (Fsp3) is 0.588. The first-order chi connectivity index (χ1) is 18.8. The van der Waals surface area contributed by atoms with Crippen LogP contribution in [0.2, 0.25) is 18.1 Å². The second-order valence-corrected chi connectivity index (χ2v) is 17.5. The number of hydrogen-bond acceptors (Lipinski definition) is 5. The molecule has 0 aliphatic carbocycles. The van der Waals surface area contributed by atoms with Gasteiger partial charge in [0.05, 0.1) is 45.2 Å². The topological polar surface area (TPSA) is 57.2 Å². The van der Waals surface area contributed by atoms with E-state index in [0.29, 0.717) is 19.6 Å². The van der Waals surface area contributed by atoms with Gasteiger partial charge in [-0.15, -0.1) is 0 Å². The first kappa shape index (κ1) is 34.2. The lowest BCUT2D eigenvalue weighted by Crippen LogP contribution is -2.52. The molecule has 5 nitrogen and oxygen atoms in total. The SMILES string of the molecule is CC[C@@H](C[C@@H](OCc1ccc(OC)cc1)C(C)(C)[C@@H](C/C=C/CO)O[Si](C)(C)C(C)(C)C)OCc1ccccc1. The van der Waals surface area contributed by atoms with E-state index in [0.717, 1.165) is 24.2 Å². The van der Waals surface area contributed by atoms with Crippen molar-refractivity contribution in [2.45, 2.75) is 110 Å². The Morgan fingerprint density at radius 1 is 0.825 bits per heavy atom. The van der Waals surface area contributed by atoms with Crippen LogP contribution in [-0.2, 0) is 27.1 Å². The monoisotopic (exact) mass is 570 g/mol. The fourth-order valence-electron chi connectivity index (χ4n) is 4.42. The van der Waals surface area contributed by atoms with Crippen LogP contribution >= 0.6 is 0 Å². The Bertz CT molecular complexity index is 995. The lowest BCUT2D eigenvalue weighted by molar-refractivity contribution is -0.112. The molecule has 0 bridgehead atoms. The van der Waals surface area contributed by atoms with Gasteiger partial charge in [-0.1, -0.05) is 96.2 Å². The van der Waals surface area contributed by atoms with Gasteiger partial charge in [-0.3, -0.25) is 0 Å². The van der Waals surface area contributed by atoms with Crippen LogP contribution in [0.4, 0.5) is 0 Å². The van der Waals surface area contributed by atoms with Crippen LogP contribution in [0, 0.1) is 5.41 Å². The van der Waals surface area contributed by atoms with E-state index in [2.05, 4.69) is 78.9 Å². The first-order valence-corrected chi connectivity index (χ1v) is 17.6. The molecule has 0 heterocycles. The molecule has 6 heteroatoms. The zero-order valence-corrected chi connectivity index (χ0v) is 27.4. The lowest BCUT2D eigenvalue weighted by Gasteiger charge is -2.47. The van der Waals surface area contributed by atoms with E-state index in [-0.39, 0.29) is 35.4 Å². The largest absolute Gasteiger partial charge is 0.497 e. The maximum Gasteiger partial charge on any atom is 0.192 e. The predicted octanol–water partition coefficient (Wildman–Crippen LogP) is 8.32. The fourth-order valence-corrected chi connectivity index (χ4v) is 5.89. The molecular formula is C34H54O5Si. The average Bonchev–Trinajstić information content (AvgIpc) is 2.92. The Hall–Kier alpha value is -1.96. The molecule has 0 radical (unpaired) electrons. The highest BCUT2D eigenvalue weighted by Crippen LogP contribution is 2.43. The second kappa shape index (κ2) is 15.9. The summed E-state index contributed by atoms with van der Waals surface area (Å²) < 4.78 is 25.6. The number of rotatable bonds is 17. The van der Waals surface area contributed by atoms with Crippen molar-refractivity contribution in [3.05, 3.63) is 77.9 Å². The van der Waals surface area contributed by atoms with Gasteiger partial charge in [0, 0.05) is 11.8 Å². The third-order valence-corrected chi connectivity index (χ3v) is 12.9. The second-order valence-electron chi connectivity index (χ2n) is 12.8. The molecule has 0 aromatic heterocycles. The van der Waals surface area contributed by atoms with Crippen LogP contribution in [0.3, 0.4) is 0 Å². The van der Waals surface area contributed by atoms with E-state index in [4.69, 9.17) is 18.6 Å². The summed E-state index contributed by atoms with van der Waals surface area (Å²) in [5, 5.41) is 9.51. The van der Waals surface area contributed by atoms with Crippen molar-refractivity contribution < 1.29 is 23.7 Å². The molecule has 0 saturated heterocycles. The predicted molar refractivity (Wildman–Crippen MR) is 168 cm³/mol. The minimum atomic E-state index is -2.09. The number of methoxy groups -OCH3 is 1. The number of hydrogen-bond donors (Lipinski definition) is 1. The highest BCUT2D eigenvalue weighted by Gasteiger charge is 2.46. The van der Waals surface area contributed by atoms with Crippen LogP contribution in [0.5, 0.6) is 5.75 Å². The van der Waals surface area contributed by atoms with Gasteiger partial charge >= 0.3 is 0 Å². The van der Waals surface area contributed by atoms with Crippen molar-refractivity contribution in [2.75, 3.05) is 13.7 Å². The third kappa shape index (κ3) is 10.5. The lowest BCUT2D eigenvalue weighted by atomic mass is 9.77. The van der Waals surface area contributed by atoms with Crippen LogP contribution in [0.15, 0.2) is 66.7 Å². The molecule has 2 aromatic rings. The maximum atomic E-state index is 9.44. The molecule has 0 aliphatic heterocycles. The first-order valence-electron chi connectivity index (χ1n) is 14.7. The van der Waals surface area contributed by atoms with Gasteiger partial charge in [-0.05, 0) is 54.2 Å². The minimum Gasteiger partial charge on any atom is -0.497 e. The summed E-state index contributed by atoms with van der Waals surface area (Å²) in [7, 11) is -0.407. The summed E-state index contributed by atoms with van der Waals surface area (Å²) in [6.45, 7) is 19.2. The molecule has 224 valence electrons. The quantitative estimate of drug-likeness (QED) is 0.153. The molecule has 0 aliphatic rings. The Balaban J connectivity index is 2.35. The van der Waals surface area contributed by atoms with Gasteiger partial charge in [0.25, 0.3) is 0 Å². The molecule has 0 amide bonds. The number of aliphatic hydroxyl groups excluding tert-OH is 1. The molecule has 0 fully saturated rings. The highest BCUT2D eigenvalue weighted by atomic mass is 28.4. The highest BCUT2D eigenvalue weighted by molar-refractivity contribution is 6.74.